The summed E-state index contributed by atoms with van der Waals surface area (Å²) in [5.41, 5.74) is 5.75. The van der Waals surface area contributed by atoms with Gasteiger partial charge in [0.15, 0.2) is 5.13 Å². The zero-order valence-corrected chi connectivity index (χ0v) is 13.1. The highest BCUT2D eigenvalue weighted by molar-refractivity contribution is 7.18. The number of hydrogen-bond acceptors (Lipinski definition) is 6. The van der Waals surface area contributed by atoms with Crippen LogP contribution in [-0.4, -0.2) is 47.4 Å². The fourth-order valence-corrected chi connectivity index (χ4v) is 3.06. The van der Waals surface area contributed by atoms with E-state index in [1.165, 1.54) is 11.3 Å². The van der Waals surface area contributed by atoms with Crippen molar-refractivity contribution < 1.29 is 9.59 Å². The van der Waals surface area contributed by atoms with Crippen molar-refractivity contribution in [3.63, 3.8) is 0 Å². The molecule has 2 heterocycles. The van der Waals surface area contributed by atoms with E-state index in [4.69, 9.17) is 5.73 Å². The summed E-state index contributed by atoms with van der Waals surface area (Å²) in [6.45, 7) is 5.51. The van der Waals surface area contributed by atoms with Gasteiger partial charge in [-0.05, 0) is 26.7 Å². The molecule has 4 N–H and O–H groups in total. The van der Waals surface area contributed by atoms with Crippen LogP contribution >= 0.6 is 11.3 Å². The molecule has 1 aromatic heterocycles. The predicted octanol–water partition coefficient (Wildman–Crippen LogP) is 0.898. The summed E-state index contributed by atoms with van der Waals surface area (Å²) in [7, 11) is 0. The number of nitrogens with one attached hydrogen (secondary N) is 2. The van der Waals surface area contributed by atoms with Gasteiger partial charge >= 0.3 is 0 Å². The molecular weight excluding hydrogens is 290 g/mol. The zero-order chi connectivity index (χ0) is 15.4. The highest BCUT2D eigenvalue weighted by Crippen LogP contribution is 2.25. The number of rotatable bonds is 5. The van der Waals surface area contributed by atoms with Gasteiger partial charge in [-0.1, -0.05) is 11.3 Å². The van der Waals surface area contributed by atoms with E-state index in [1.54, 1.807) is 4.90 Å². The molecule has 0 spiro atoms. The molecule has 7 nitrogen and oxygen atoms in total. The van der Waals surface area contributed by atoms with E-state index in [-0.39, 0.29) is 30.2 Å². The number of anilines is 2. The van der Waals surface area contributed by atoms with Crippen LogP contribution < -0.4 is 16.4 Å². The van der Waals surface area contributed by atoms with Gasteiger partial charge in [0.05, 0.1) is 6.54 Å². The highest BCUT2D eigenvalue weighted by Gasteiger charge is 2.20. The van der Waals surface area contributed by atoms with Gasteiger partial charge in [-0.2, -0.15) is 0 Å². The summed E-state index contributed by atoms with van der Waals surface area (Å²) in [5.74, 6) is -0.215. The quantitative estimate of drug-likeness (QED) is 0.750. The van der Waals surface area contributed by atoms with Crippen molar-refractivity contribution in [2.24, 2.45) is 0 Å². The van der Waals surface area contributed by atoms with E-state index >= 15 is 0 Å². The third-order valence-electron chi connectivity index (χ3n) is 3.13. The summed E-state index contributed by atoms with van der Waals surface area (Å²) < 4.78 is 0. The van der Waals surface area contributed by atoms with Crippen molar-refractivity contribution in [3.05, 3.63) is 4.88 Å². The first-order chi connectivity index (χ1) is 9.97. The Morgan fingerprint density at radius 2 is 2.05 bits per heavy atom. The van der Waals surface area contributed by atoms with Crippen LogP contribution in [0.25, 0.3) is 0 Å². The third kappa shape index (κ3) is 4.07. The van der Waals surface area contributed by atoms with Gasteiger partial charge in [0.2, 0.25) is 5.91 Å². The summed E-state index contributed by atoms with van der Waals surface area (Å²) >= 11 is 1.20. The smallest absolute Gasteiger partial charge is 0.265 e. The standard InChI is InChI=1S/C13H21N5O2S/c1-8(2)16-13-17-11(14)10(21-13)12(20)15-7-9(19)18-5-3-4-6-18/h8H,3-7,14H2,1-2H3,(H,15,20)(H,16,17). The second-order valence-corrected chi connectivity index (χ2v) is 6.30. The first kappa shape index (κ1) is 15.6. The third-order valence-corrected chi connectivity index (χ3v) is 4.13. The van der Waals surface area contributed by atoms with Gasteiger partial charge in [0, 0.05) is 19.1 Å². The van der Waals surface area contributed by atoms with Crippen LogP contribution in [-0.2, 0) is 4.79 Å². The summed E-state index contributed by atoms with van der Waals surface area (Å²) in [4.78, 5) is 30.1. The zero-order valence-electron chi connectivity index (χ0n) is 12.3. The lowest BCUT2D eigenvalue weighted by Crippen LogP contribution is -2.38. The summed E-state index contributed by atoms with van der Waals surface area (Å²) in [6.07, 6.45) is 2.07. The van der Waals surface area contributed by atoms with Crippen molar-refractivity contribution in [1.82, 2.24) is 15.2 Å². The van der Waals surface area contributed by atoms with Gasteiger partial charge in [0.1, 0.15) is 10.7 Å². The molecule has 0 aromatic carbocycles. The van der Waals surface area contributed by atoms with Crippen molar-refractivity contribution in [1.29, 1.82) is 0 Å². The minimum atomic E-state index is -0.352. The van der Waals surface area contributed by atoms with Gasteiger partial charge < -0.3 is 21.3 Å². The molecule has 0 radical (unpaired) electrons. The molecule has 0 atom stereocenters. The second-order valence-electron chi connectivity index (χ2n) is 5.30. The molecule has 0 bridgehead atoms. The van der Waals surface area contributed by atoms with Crippen LogP contribution in [0.3, 0.4) is 0 Å². The van der Waals surface area contributed by atoms with Crippen LogP contribution in [0.5, 0.6) is 0 Å². The molecule has 0 aliphatic carbocycles. The molecule has 1 aliphatic rings. The fourth-order valence-electron chi connectivity index (χ4n) is 2.12. The Balaban J connectivity index is 1.90. The number of likely N-dealkylation sites (tertiary alicyclic amines) is 1. The fraction of sp³-hybridized carbons (Fsp3) is 0.615. The average Bonchev–Trinajstić information content (AvgIpc) is 3.04. The van der Waals surface area contributed by atoms with Gasteiger partial charge in [-0.15, -0.1) is 0 Å². The molecule has 1 aromatic rings. The van der Waals surface area contributed by atoms with Crippen molar-refractivity contribution in [2.75, 3.05) is 30.7 Å². The molecule has 21 heavy (non-hydrogen) atoms. The first-order valence-electron chi connectivity index (χ1n) is 7.06. The van der Waals surface area contributed by atoms with Gasteiger partial charge in [0.25, 0.3) is 5.91 Å². The maximum absolute atomic E-state index is 12.1. The number of hydrogen-bond donors (Lipinski definition) is 3. The number of thiazole rings is 1. The average molecular weight is 311 g/mol. The van der Waals surface area contributed by atoms with E-state index in [9.17, 15) is 9.59 Å². The van der Waals surface area contributed by atoms with Gasteiger partial charge in [-0.25, -0.2) is 4.98 Å². The Labute approximate surface area is 127 Å². The number of nitrogens with two attached hydrogens (primary N) is 1. The maximum Gasteiger partial charge on any atom is 0.265 e. The largest absolute Gasteiger partial charge is 0.382 e. The molecule has 0 unspecified atom stereocenters. The van der Waals surface area contributed by atoms with E-state index in [0.29, 0.717) is 10.0 Å². The van der Waals surface area contributed by atoms with Crippen LogP contribution in [0, 0.1) is 0 Å². The number of nitrogens with zero attached hydrogens (tertiary/aromatic N) is 2. The number of amides is 2. The SMILES string of the molecule is CC(C)Nc1nc(N)c(C(=O)NCC(=O)N2CCCC2)s1. The Hall–Kier alpha value is -1.83. The Bertz CT molecular complexity index is 523. The number of carbonyl (C=O) groups excluding carboxylic acids is 2. The lowest BCUT2D eigenvalue weighted by Gasteiger charge is -2.15. The number of nitrogen functional groups attached to an aromatic ring is 1. The van der Waals surface area contributed by atoms with Crippen LogP contribution in [0.1, 0.15) is 36.4 Å². The van der Waals surface area contributed by atoms with E-state index in [1.807, 2.05) is 13.8 Å². The topological polar surface area (TPSA) is 100 Å². The molecule has 0 saturated carbocycles. The lowest BCUT2D eigenvalue weighted by atomic mass is 10.4. The van der Waals surface area contributed by atoms with Crippen molar-refractivity contribution in [2.45, 2.75) is 32.7 Å². The van der Waals surface area contributed by atoms with Crippen molar-refractivity contribution in [3.8, 4) is 0 Å². The van der Waals surface area contributed by atoms with E-state index < -0.39 is 0 Å². The molecular formula is C13H21N5O2S. The summed E-state index contributed by atoms with van der Waals surface area (Å²) in [6, 6.07) is 0.211. The molecule has 2 rings (SSSR count). The summed E-state index contributed by atoms with van der Waals surface area (Å²) in [5, 5.41) is 6.33. The molecule has 1 fully saturated rings. The number of aromatic nitrogens is 1. The Morgan fingerprint density at radius 1 is 1.38 bits per heavy atom. The minimum Gasteiger partial charge on any atom is -0.382 e. The molecule has 116 valence electrons. The van der Waals surface area contributed by atoms with Gasteiger partial charge in [-0.3, -0.25) is 9.59 Å². The molecule has 2 amide bonds. The van der Waals surface area contributed by atoms with E-state index in [0.717, 1.165) is 25.9 Å². The molecule has 8 heteroatoms. The Kier molecular flexibility index (Phi) is 5.00. The predicted molar refractivity (Wildman–Crippen MR) is 83.4 cm³/mol. The lowest BCUT2D eigenvalue weighted by molar-refractivity contribution is -0.129. The minimum absolute atomic E-state index is 0.00309. The maximum atomic E-state index is 12.1. The Morgan fingerprint density at radius 3 is 2.67 bits per heavy atom. The monoisotopic (exact) mass is 311 g/mol. The molecule has 1 aliphatic heterocycles. The molecule has 1 saturated heterocycles. The normalized spacial score (nSPS) is 14.5. The second kappa shape index (κ2) is 6.75. The van der Waals surface area contributed by atoms with Crippen LogP contribution in [0.2, 0.25) is 0 Å². The number of carbonyl (C=O) groups is 2. The highest BCUT2D eigenvalue weighted by atomic mass is 32.1. The van der Waals surface area contributed by atoms with Crippen molar-refractivity contribution >= 4 is 34.1 Å². The van der Waals surface area contributed by atoms with Crippen LogP contribution in [0.15, 0.2) is 0 Å². The first-order valence-corrected chi connectivity index (χ1v) is 7.88. The van der Waals surface area contributed by atoms with Crippen LogP contribution in [0.4, 0.5) is 10.9 Å². The van der Waals surface area contributed by atoms with E-state index in [2.05, 4.69) is 15.6 Å².